The first kappa shape index (κ1) is 29.7. The van der Waals surface area contributed by atoms with Gasteiger partial charge in [0.15, 0.2) is 11.5 Å². The van der Waals surface area contributed by atoms with Crippen LogP contribution in [0.15, 0.2) is 78.4 Å². The van der Waals surface area contributed by atoms with Gasteiger partial charge in [-0.1, -0.05) is 62.4 Å². The average Bonchev–Trinajstić information content (AvgIpc) is 3.26. The van der Waals surface area contributed by atoms with Crippen molar-refractivity contribution in [3.8, 4) is 17.2 Å². The third kappa shape index (κ3) is 6.72. The molecule has 0 spiro atoms. The van der Waals surface area contributed by atoms with Gasteiger partial charge in [-0.05, 0) is 55.4 Å². The van der Waals surface area contributed by atoms with E-state index < -0.39 is 17.7 Å². The van der Waals surface area contributed by atoms with Crippen LogP contribution in [0, 0.1) is 0 Å². The fourth-order valence-corrected chi connectivity index (χ4v) is 5.01. The standard InChI is InChI=1S/C33H38N2O6/c1-5-34(6-2)18-19-35-30(24-16-17-27(28(21-24)39-4)41-22-23-12-9-8-10-13-23)29(32(37)33(35)38)31(36)25-14-11-15-26(20-25)40-7-3/h8-17,20-21,30,36H,5-7,18-19,22H2,1-4H3. The minimum atomic E-state index is -0.807. The number of aliphatic hydroxyl groups is 1. The molecular formula is C33H38N2O6. The van der Waals surface area contributed by atoms with Crippen LogP contribution >= 0.6 is 0 Å². The van der Waals surface area contributed by atoms with Gasteiger partial charge in [-0.25, -0.2) is 0 Å². The molecule has 1 atom stereocenters. The lowest BCUT2D eigenvalue weighted by Crippen LogP contribution is -2.38. The molecule has 1 aliphatic rings. The second kappa shape index (κ2) is 13.9. The highest BCUT2D eigenvalue weighted by Gasteiger charge is 2.46. The maximum Gasteiger partial charge on any atom is 0.295 e. The Morgan fingerprint density at radius 2 is 1.66 bits per heavy atom. The summed E-state index contributed by atoms with van der Waals surface area (Å²) < 4.78 is 17.3. The number of hydrogen-bond donors (Lipinski definition) is 1. The Hall–Kier alpha value is -4.30. The van der Waals surface area contributed by atoms with Crippen LogP contribution in [0.3, 0.4) is 0 Å². The van der Waals surface area contributed by atoms with Crippen molar-refractivity contribution in [1.29, 1.82) is 0 Å². The molecule has 41 heavy (non-hydrogen) atoms. The molecule has 8 nitrogen and oxygen atoms in total. The van der Waals surface area contributed by atoms with Gasteiger partial charge < -0.3 is 29.1 Å². The van der Waals surface area contributed by atoms with Crippen LogP contribution in [0.1, 0.15) is 43.5 Å². The number of amides is 1. The van der Waals surface area contributed by atoms with Crippen molar-refractivity contribution in [2.75, 3.05) is 39.9 Å². The van der Waals surface area contributed by atoms with Crippen molar-refractivity contribution in [3.63, 3.8) is 0 Å². The summed E-state index contributed by atoms with van der Waals surface area (Å²) in [7, 11) is 1.55. The minimum Gasteiger partial charge on any atom is -0.507 e. The summed E-state index contributed by atoms with van der Waals surface area (Å²) in [6, 6.07) is 21.2. The largest absolute Gasteiger partial charge is 0.507 e. The van der Waals surface area contributed by atoms with Crippen molar-refractivity contribution in [2.24, 2.45) is 0 Å². The molecule has 1 fully saturated rings. The maximum absolute atomic E-state index is 13.5. The molecule has 1 unspecified atom stereocenters. The molecule has 1 aliphatic heterocycles. The lowest BCUT2D eigenvalue weighted by atomic mass is 9.95. The Kier molecular flexibility index (Phi) is 10.0. The molecule has 1 saturated heterocycles. The molecular weight excluding hydrogens is 520 g/mol. The van der Waals surface area contributed by atoms with Crippen LogP contribution in [0.2, 0.25) is 0 Å². The first-order valence-electron chi connectivity index (χ1n) is 14.0. The zero-order chi connectivity index (χ0) is 29.4. The summed E-state index contributed by atoms with van der Waals surface area (Å²) in [5, 5.41) is 11.5. The summed E-state index contributed by atoms with van der Waals surface area (Å²) in [5.41, 5.74) is 2.08. The molecule has 3 aromatic carbocycles. The zero-order valence-corrected chi connectivity index (χ0v) is 24.1. The van der Waals surface area contributed by atoms with E-state index in [2.05, 4.69) is 18.7 Å². The first-order valence-corrected chi connectivity index (χ1v) is 14.0. The number of likely N-dealkylation sites (tertiary alicyclic amines) is 1. The normalized spacial score (nSPS) is 16.3. The summed E-state index contributed by atoms with van der Waals surface area (Å²) >= 11 is 0. The second-order valence-electron chi connectivity index (χ2n) is 9.66. The van der Waals surface area contributed by atoms with Gasteiger partial charge in [-0.3, -0.25) is 9.59 Å². The summed E-state index contributed by atoms with van der Waals surface area (Å²) in [6.07, 6.45) is 0. The van der Waals surface area contributed by atoms with E-state index in [4.69, 9.17) is 14.2 Å². The Morgan fingerprint density at radius 1 is 0.902 bits per heavy atom. The van der Waals surface area contributed by atoms with Gasteiger partial charge in [0.05, 0.1) is 25.3 Å². The number of benzene rings is 3. The summed E-state index contributed by atoms with van der Waals surface area (Å²) in [6.45, 7) is 9.33. The van der Waals surface area contributed by atoms with E-state index in [0.717, 1.165) is 18.7 Å². The van der Waals surface area contributed by atoms with Gasteiger partial charge in [-0.15, -0.1) is 0 Å². The smallest absolute Gasteiger partial charge is 0.295 e. The fourth-order valence-electron chi connectivity index (χ4n) is 5.01. The fraction of sp³-hybridized carbons (Fsp3) is 0.333. The van der Waals surface area contributed by atoms with Crippen LogP contribution in [-0.2, 0) is 16.2 Å². The number of aliphatic hydroxyl groups excluding tert-OH is 1. The topological polar surface area (TPSA) is 88.5 Å². The van der Waals surface area contributed by atoms with E-state index in [1.165, 1.54) is 4.90 Å². The third-order valence-electron chi connectivity index (χ3n) is 7.25. The number of nitrogens with zero attached hydrogens (tertiary/aromatic N) is 2. The molecule has 0 aliphatic carbocycles. The Balaban J connectivity index is 1.76. The molecule has 0 saturated carbocycles. The van der Waals surface area contributed by atoms with Crippen LogP contribution in [-0.4, -0.2) is 66.5 Å². The third-order valence-corrected chi connectivity index (χ3v) is 7.25. The van der Waals surface area contributed by atoms with Crippen molar-refractivity contribution < 1.29 is 28.9 Å². The van der Waals surface area contributed by atoms with Gasteiger partial charge in [0.1, 0.15) is 18.1 Å². The predicted octanol–water partition coefficient (Wildman–Crippen LogP) is 5.44. The number of methoxy groups -OCH3 is 1. The van der Waals surface area contributed by atoms with Gasteiger partial charge in [0.25, 0.3) is 11.7 Å². The van der Waals surface area contributed by atoms with Gasteiger partial charge in [0, 0.05) is 18.7 Å². The van der Waals surface area contributed by atoms with Crippen molar-refractivity contribution >= 4 is 17.4 Å². The second-order valence-corrected chi connectivity index (χ2v) is 9.66. The van der Waals surface area contributed by atoms with Gasteiger partial charge in [0.2, 0.25) is 0 Å². The predicted molar refractivity (Wildman–Crippen MR) is 158 cm³/mol. The maximum atomic E-state index is 13.5. The minimum absolute atomic E-state index is 0.0307. The number of ketones is 1. The lowest BCUT2D eigenvalue weighted by Gasteiger charge is -2.28. The molecule has 4 rings (SSSR count). The van der Waals surface area contributed by atoms with E-state index in [0.29, 0.717) is 54.7 Å². The molecule has 0 radical (unpaired) electrons. The Morgan fingerprint density at radius 3 is 2.34 bits per heavy atom. The number of carbonyl (C=O) groups excluding carboxylic acids is 2. The van der Waals surface area contributed by atoms with Crippen molar-refractivity contribution in [3.05, 3.63) is 95.1 Å². The van der Waals surface area contributed by atoms with E-state index in [1.807, 2.05) is 43.3 Å². The number of carbonyl (C=O) groups is 2. The Labute approximate surface area is 241 Å². The summed E-state index contributed by atoms with van der Waals surface area (Å²) in [4.78, 5) is 30.6. The first-order chi connectivity index (χ1) is 19.9. The highest BCUT2D eigenvalue weighted by Crippen LogP contribution is 2.42. The SMILES string of the molecule is CCOc1cccc(C(O)=C2C(=O)C(=O)N(CCN(CC)CC)C2c2ccc(OCc3ccccc3)c(OC)c2)c1. The molecule has 0 aromatic heterocycles. The highest BCUT2D eigenvalue weighted by molar-refractivity contribution is 6.46. The van der Waals surface area contributed by atoms with E-state index >= 15 is 0 Å². The van der Waals surface area contributed by atoms with Crippen LogP contribution in [0.4, 0.5) is 0 Å². The van der Waals surface area contributed by atoms with Gasteiger partial charge in [-0.2, -0.15) is 0 Å². The zero-order valence-electron chi connectivity index (χ0n) is 24.1. The number of rotatable bonds is 13. The van der Waals surface area contributed by atoms with Crippen LogP contribution in [0.25, 0.3) is 5.76 Å². The van der Waals surface area contributed by atoms with Crippen molar-refractivity contribution in [1.82, 2.24) is 9.80 Å². The molecule has 0 bridgehead atoms. The van der Waals surface area contributed by atoms with E-state index in [-0.39, 0.29) is 11.3 Å². The average molecular weight is 559 g/mol. The van der Waals surface area contributed by atoms with E-state index in [1.54, 1.807) is 43.5 Å². The molecule has 1 N–H and O–H groups in total. The van der Waals surface area contributed by atoms with Crippen LogP contribution < -0.4 is 14.2 Å². The molecule has 1 heterocycles. The molecule has 8 heteroatoms. The number of Topliss-reactive ketones (excluding diaryl/α,β-unsaturated/α-hetero) is 1. The molecule has 3 aromatic rings. The Bertz CT molecular complexity index is 1380. The van der Waals surface area contributed by atoms with Crippen molar-refractivity contribution in [2.45, 2.75) is 33.4 Å². The summed E-state index contributed by atoms with van der Waals surface area (Å²) in [5.74, 6) is -0.0601. The molecule has 216 valence electrons. The van der Waals surface area contributed by atoms with Gasteiger partial charge >= 0.3 is 0 Å². The number of likely N-dealkylation sites (N-methyl/N-ethyl adjacent to an activating group) is 1. The number of ether oxygens (including phenoxy) is 3. The highest BCUT2D eigenvalue weighted by atomic mass is 16.5. The van der Waals surface area contributed by atoms with E-state index in [9.17, 15) is 14.7 Å². The van der Waals surface area contributed by atoms with Crippen LogP contribution in [0.5, 0.6) is 17.2 Å². The monoisotopic (exact) mass is 558 g/mol. The molecule has 1 amide bonds. The number of hydrogen-bond acceptors (Lipinski definition) is 7. The quantitative estimate of drug-likeness (QED) is 0.170. The lowest BCUT2D eigenvalue weighted by molar-refractivity contribution is -0.140.